The fourth-order valence-corrected chi connectivity index (χ4v) is 2.06. The van der Waals surface area contributed by atoms with Crippen molar-refractivity contribution in [3.8, 4) is 5.75 Å². The number of hydrogen-bond donors (Lipinski definition) is 3. The van der Waals surface area contributed by atoms with Crippen molar-refractivity contribution in [2.24, 2.45) is 10.7 Å². The summed E-state index contributed by atoms with van der Waals surface area (Å²) in [6, 6.07) is 13.1. The van der Waals surface area contributed by atoms with E-state index in [0.717, 1.165) is 17.7 Å². The van der Waals surface area contributed by atoms with E-state index < -0.39 is 6.10 Å². The number of benzene rings is 1. The van der Waals surface area contributed by atoms with Gasteiger partial charge in [0.1, 0.15) is 5.75 Å². The molecule has 0 bridgehead atoms. The summed E-state index contributed by atoms with van der Waals surface area (Å²) in [5.41, 5.74) is 7.54. The van der Waals surface area contributed by atoms with Gasteiger partial charge in [-0.05, 0) is 29.8 Å². The van der Waals surface area contributed by atoms with E-state index in [1.54, 1.807) is 19.4 Å². The summed E-state index contributed by atoms with van der Waals surface area (Å²) in [5.74, 6) is 1.01. The third kappa shape index (κ3) is 6.71. The van der Waals surface area contributed by atoms with E-state index in [-0.39, 0.29) is 30.5 Å². The lowest BCUT2D eigenvalue weighted by atomic mass is 10.1. The standard InChI is InChI=1S/C17H22N4O2.HI/c1-23-15-7-4-5-13(11-15)16(22)12-21-17(18)20-10-8-14-6-2-3-9-19-14;/h2-7,9,11,16,22H,8,10,12H2,1H3,(H3,18,20,21);1H. The van der Waals surface area contributed by atoms with Gasteiger partial charge in [-0.1, -0.05) is 18.2 Å². The number of guanidine groups is 1. The highest BCUT2D eigenvalue weighted by Gasteiger charge is 2.08. The molecule has 0 amide bonds. The minimum absolute atomic E-state index is 0. The topological polar surface area (TPSA) is 92.8 Å². The highest BCUT2D eigenvalue weighted by molar-refractivity contribution is 14.0. The number of aromatic nitrogens is 1. The quantitative estimate of drug-likeness (QED) is 0.346. The normalized spacial score (nSPS) is 12.2. The Morgan fingerprint density at radius 3 is 2.88 bits per heavy atom. The van der Waals surface area contributed by atoms with Gasteiger partial charge in [0.2, 0.25) is 0 Å². The Bertz CT molecular complexity index is 637. The predicted molar refractivity (Wildman–Crippen MR) is 106 cm³/mol. The van der Waals surface area contributed by atoms with Crippen molar-refractivity contribution in [3.63, 3.8) is 0 Å². The Morgan fingerprint density at radius 1 is 1.33 bits per heavy atom. The van der Waals surface area contributed by atoms with Gasteiger partial charge in [0, 0.05) is 24.9 Å². The molecule has 0 saturated heterocycles. The number of hydrogen-bond acceptors (Lipinski definition) is 4. The highest BCUT2D eigenvalue weighted by Crippen LogP contribution is 2.19. The lowest BCUT2D eigenvalue weighted by molar-refractivity contribution is 0.186. The molecular weight excluding hydrogens is 419 g/mol. The number of aliphatic hydroxyl groups excluding tert-OH is 1. The lowest BCUT2D eigenvalue weighted by Gasteiger charge is -2.11. The number of nitrogens with zero attached hydrogens (tertiary/aromatic N) is 2. The summed E-state index contributed by atoms with van der Waals surface area (Å²) in [5, 5.41) is 13.1. The van der Waals surface area contributed by atoms with Gasteiger partial charge in [-0.2, -0.15) is 0 Å². The summed E-state index contributed by atoms with van der Waals surface area (Å²) in [4.78, 5) is 8.39. The number of nitrogens with two attached hydrogens (primary N) is 1. The van der Waals surface area contributed by atoms with Crippen molar-refractivity contribution in [3.05, 3.63) is 59.9 Å². The molecule has 2 rings (SSSR count). The van der Waals surface area contributed by atoms with E-state index in [1.807, 2.05) is 36.4 Å². The Hall–Kier alpha value is -1.87. The molecule has 0 aliphatic heterocycles. The third-order valence-electron chi connectivity index (χ3n) is 3.33. The molecule has 7 heteroatoms. The van der Waals surface area contributed by atoms with Crippen LogP contribution < -0.4 is 15.8 Å². The molecule has 1 aromatic carbocycles. The van der Waals surface area contributed by atoms with Crippen LogP contribution in [-0.2, 0) is 6.42 Å². The van der Waals surface area contributed by atoms with Gasteiger partial charge in [-0.15, -0.1) is 24.0 Å². The summed E-state index contributed by atoms with van der Waals surface area (Å²) in [7, 11) is 1.59. The molecule has 1 heterocycles. The maximum absolute atomic E-state index is 10.1. The van der Waals surface area contributed by atoms with Gasteiger partial charge < -0.3 is 20.9 Å². The molecule has 0 radical (unpaired) electrons. The van der Waals surface area contributed by atoms with E-state index in [9.17, 15) is 5.11 Å². The molecule has 0 spiro atoms. The monoisotopic (exact) mass is 442 g/mol. The average molecular weight is 442 g/mol. The van der Waals surface area contributed by atoms with Crippen LogP contribution >= 0.6 is 24.0 Å². The first-order valence-corrected chi connectivity index (χ1v) is 7.44. The van der Waals surface area contributed by atoms with Gasteiger partial charge >= 0.3 is 0 Å². The van der Waals surface area contributed by atoms with Gasteiger partial charge in [0.05, 0.1) is 19.8 Å². The maximum Gasteiger partial charge on any atom is 0.188 e. The van der Waals surface area contributed by atoms with Crippen molar-refractivity contribution in [2.75, 3.05) is 20.2 Å². The van der Waals surface area contributed by atoms with Crippen molar-refractivity contribution in [2.45, 2.75) is 12.5 Å². The van der Waals surface area contributed by atoms with E-state index in [0.29, 0.717) is 18.3 Å². The first-order valence-electron chi connectivity index (χ1n) is 7.44. The molecule has 0 saturated carbocycles. The Labute approximate surface area is 159 Å². The molecule has 2 aromatic rings. The van der Waals surface area contributed by atoms with E-state index in [1.165, 1.54) is 0 Å². The maximum atomic E-state index is 10.1. The minimum Gasteiger partial charge on any atom is -0.497 e. The summed E-state index contributed by atoms with van der Waals surface area (Å²) in [6.07, 6.45) is 1.80. The number of rotatable bonds is 7. The number of nitrogens with one attached hydrogen (secondary N) is 1. The molecule has 0 fully saturated rings. The molecule has 1 aromatic heterocycles. The molecule has 1 unspecified atom stereocenters. The third-order valence-corrected chi connectivity index (χ3v) is 3.33. The van der Waals surface area contributed by atoms with Crippen LogP contribution in [0.15, 0.2) is 53.7 Å². The van der Waals surface area contributed by atoms with Crippen molar-refractivity contribution < 1.29 is 9.84 Å². The molecule has 6 nitrogen and oxygen atoms in total. The number of ether oxygens (including phenoxy) is 1. The highest BCUT2D eigenvalue weighted by atomic mass is 127. The van der Waals surface area contributed by atoms with Crippen LogP contribution in [0.2, 0.25) is 0 Å². The Kier molecular flexibility index (Phi) is 9.10. The first kappa shape index (κ1) is 20.2. The fraction of sp³-hybridized carbons (Fsp3) is 0.294. The van der Waals surface area contributed by atoms with Crippen LogP contribution in [0.25, 0.3) is 0 Å². The van der Waals surface area contributed by atoms with Crippen molar-refractivity contribution in [1.29, 1.82) is 0 Å². The number of halogens is 1. The molecule has 130 valence electrons. The number of pyridine rings is 1. The number of aliphatic hydroxyl groups is 1. The fourth-order valence-electron chi connectivity index (χ4n) is 2.06. The summed E-state index contributed by atoms with van der Waals surface area (Å²) >= 11 is 0. The van der Waals surface area contributed by atoms with Crippen molar-refractivity contribution in [1.82, 2.24) is 10.3 Å². The molecule has 0 aliphatic rings. The van der Waals surface area contributed by atoms with Crippen LogP contribution in [0.1, 0.15) is 17.4 Å². The Morgan fingerprint density at radius 2 is 2.17 bits per heavy atom. The zero-order valence-electron chi connectivity index (χ0n) is 13.6. The summed E-state index contributed by atoms with van der Waals surface area (Å²) < 4.78 is 5.14. The molecular formula is C17H23IN4O2. The van der Waals surface area contributed by atoms with E-state index >= 15 is 0 Å². The van der Waals surface area contributed by atoms with Crippen LogP contribution in [0.4, 0.5) is 0 Å². The second-order valence-corrected chi connectivity index (χ2v) is 5.02. The second kappa shape index (κ2) is 10.8. The minimum atomic E-state index is -0.721. The van der Waals surface area contributed by atoms with E-state index in [2.05, 4.69) is 15.3 Å². The largest absolute Gasteiger partial charge is 0.497 e. The van der Waals surface area contributed by atoms with Gasteiger partial charge in [0.15, 0.2) is 5.96 Å². The molecule has 1 atom stereocenters. The molecule has 4 N–H and O–H groups in total. The SMILES string of the molecule is COc1cccc(C(O)CN=C(N)NCCc2ccccn2)c1.I. The second-order valence-electron chi connectivity index (χ2n) is 5.02. The Balaban J connectivity index is 0.00000288. The number of methoxy groups -OCH3 is 1. The van der Waals surface area contributed by atoms with Gasteiger partial charge in [-0.25, -0.2) is 0 Å². The molecule has 0 aliphatic carbocycles. The number of aliphatic imine (C=N–C) groups is 1. The van der Waals surface area contributed by atoms with Gasteiger partial charge in [-0.3, -0.25) is 9.98 Å². The predicted octanol–water partition coefficient (Wildman–Crippen LogP) is 1.89. The zero-order chi connectivity index (χ0) is 16.5. The average Bonchev–Trinajstić information content (AvgIpc) is 2.60. The first-order chi connectivity index (χ1) is 11.2. The lowest BCUT2D eigenvalue weighted by Crippen LogP contribution is -2.33. The zero-order valence-corrected chi connectivity index (χ0v) is 15.9. The van der Waals surface area contributed by atoms with Gasteiger partial charge in [0.25, 0.3) is 0 Å². The van der Waals surface area contributed by atoms with Crippen LogP contribution in [-0.4, -0.2) is 36.2 Å². The van der Waals surface area contributed by atoms with Crippen LogP contribution in [0, 0.1) is 0 Å². The summed E-state index contributed by atoms with van der Waals surface area (Å²) in [6.45, 7) is 0.831. The van der Waals surface area contributed by atoms with Crippen LogP contribution in [0.3, 0.4) is 0 Å². The van der Waals surface area contributed by atoms with E-state index in [4.69, 9.17) is 10.5 Å². The smallest absolute Gasteiger partial charge is 0.188 e. The van der Waals surface area contributed by atoms with Crippen LogP contribution in [0.5, 0.6) is 5.75 Å². The van der Waals surface area contributed by atoms with Crippen molar-refractivity contribution >= 4 is 29.9 Å². The molecule has 24 heavy (non-hydrogen) atoms.